The van der Waals surface area contributed by atoms with Gasteiger partial charge in [0.05, 0.1) is 11.5 Å². The fourth-order valence-electron chi connectivity index (χ4n) is 1.52. The lowest BCUT2D eigenvalue weighted by molar-refractivity contribution is -0.113. The Hall–Kier alpha value is -1.09. The fourth-order valence-corrected chi connectivity index (χ4v) is 2.25. The van der Waals surface area contributed by atoms with Gasteiger partial charge in [0.2, 0.25) is 0 Å². The molecule has 0 saturated heterocycles. The van der Waals surface area contributed by atoms with Gasteiger partial charge in [-0.25, -0.2) is 0 Å². The second kappa shape index (κ2) is 3.34. The third-order valence-electron chi connectivity index (χ3n) is 2.01. The number of anilines is 1. The Balaban J connectivity index is 2.20. The van der Waals surface area contributed by atoms with Crippen LogP contribution in [0.4, 0.5) is 5.00 Å². The maximum Gasteiger partial charge on any atom is 0.174 e. The molecule has 0 amide bonds. The summed E-state index contributed by atoms with van der Waals surface area (Å²) in [6.45, 7) is 3.40. The van der Waals surface area contributed by atoms with Crippen molar-refractivity contribution in [3.63, 3.8) is 0 Å². The second-order valence-corrected chi connectivity index (χ2v) is 4.19. The first-order chi connectivity index (χ1) is 6.25. The standard InChI is InChI=1S/C10H11NOS/c1-8-5-9(12)7-11(6-8)10-3-2-4-13-10/h2-5H,6-7H2,1H3. The normalized spacial score (nSPS) is 17.5. The van der Waals surface area contributed by atoms with Crippen molar-refractivity contribution in [3.05, 3.63) is 29.2 Å². The van der Waals surface area contributed by atoms with Gasteiger partial charge in [0.25, 0.3) is 0 Å². The largest absolute Gasteiger partial charge is 0.352 e. The van der Waals surface area contributed by atoms with Crippen LogP contribution in [0.1, 0.15) is 6.92 Å². The monoisotopic (exact) mass is 193 g/mol. The highest BCUT2D eigenvalue weighted by Crippen LogP contribution is 2.23. The first kappa shape index (κ1) is 8.51. The van der Waals surface area contributed by atoms with Crippen LogP contribution in [0.5, 0.6) is 0 Å². The van der Waals surface area contributed by atoms with E-state index in [0.717, 1.165) is 12.1 Å². The van der Waals surface area contributed by atoms with Crippen LogP contribution in [-0.4, -0.2) is 18.9 Å². The number of hydrogen-bond donors (Lipinski definition) is 0. The maximum atomic E-state index is 11.3. The van der Waals surface area contributed by atoms with E-state index in [2.05, 4.69) is 11.0 Å². The molecule has 0 fully saturated rings. The number of thiophene rings is 1. The van der Waals surface area contributed by atoms with Crippen molar-refractivity contribution in [2.75, 3.05) is 18.0 Å². The van der Waals surface area contributed by atoms with Crippen LogP contribution in [0, 0.1) is 0 Å². The molecule has 0 saturated carbocycles. The Kier molecular flexibility index (Phi) is 2.19. The molecular formula is C10H11NOS. The Bertz CT molecular complexity index is 340. The molecule has 13 heavy (non-hydrogen) atoms. The Morgan fingerprint density at radius 2 is 2.31 bits per heavy atom. The van der Waals surface area contributed by atoms with Crippen molar-refractivity contribution in [2.24, 2.45) is 0 Å². The minimum absolute atomic E-state index is 0.206. The molecule has 1 aliphatic heterocycles. The lowest BCUT2D eigenvalue weighted by atomic mass is 10.1. The molecular weight excluding hydrogens is 182 g/mol. The number of ketones is 1. The molecule has 2 rings (SSSR count). The Morgan fingerprint density at radius 3 is 2.92 bits per heavy atom. The zero-order valence-electron chi connectivity index (χ0n) is 7.49. The molecule has 2 heterocycles. The van der Waals surface area contributed by atoms with Crippen molar-refractivity contribution in [3.8, 4) is 0 Å². The minimum atomic E-state index is 0.206. The lowest BCUT2D eigenvalue weighted by Gasteiger charge is -2.25. The number of carbonyl (C=O) groups excluding carboxylic acids is 1. The van der Waals surface area contributed by atoms with Gasteiger partial charge in [0.15, 0.2) is 5.78 Å². The van der Waals surface area contributed by atoms with Gasteiger partial charge in [-0.15, -0.1) is 11.3 Å². The van der Waals surface area contributed by atoms with E-state index in [1.54, 1.807) is 17.4 Å². The average molecular weight is 193 g/mol. The summed E-state index contributed by atoms with van der Waals surface area (Å²) < 4.78 is 0. The number of nitrogens with zero attached hydrogens (tertiary/aromatic N) is 1. The van der Waals surface area contributed by atoms with E-state index < -0.39 is 0 Å². The lowest BCUT2D eigenvalue weighted by Crippen LogP contribution is -2.33. The minimum Gasteiger partial charge on any atom is -0.352 e. The summed E-state index contributed by atoms with van der Waals surface area (Å²) in [5.74, 6) is 0.206. The van der Waals surface area contributed by atoms with E-state index >= 15 is 0 Å². The molecule has 0 unspecified atom stereocenters. The molecule has 1 aromatic rings. The van der Waals surface area contributed by atoms with Crippen LogP contribution in [0.3, 0.4) is 0 Å². The summed E-state index contributed by atoms with van der Waals surface area (Å²) in [7, 11) is 0. The average Bonchev–Trinajstić information content (AvgIpc) is 2.53. The van der Waals surface area contributed by atoms with Crippen LogP contribution in [0.2, 0.25) is 0 Å². The second-order valence-electron chi connectivity index (χ2n) is 3.26. The first-order valence-corrected chi connectivity index (χ1v) is 5.12. The van der Waals surface area contributed by atoms with E-state index in [9.17, 15) is 4.79 Å². The molecule has 0 N–H and O–H groups in total. The van der Waals surface area contributed by atoms with Crippen molar-refractivity contribution >= 4 is 22.1 Å². The predicted molar refractivity (Wildman–Crippen MR) is 55.3 cm³/mol. The van der Waals surface area contributed by atoms with Gasteiger partial charge < -0.3 is 4.90 Å². The van der Waals surface area contributed by atoms with Gasteiger partial charge in [-0.3, -0.25) is 4.79 Å². The highest BCUT2D eigenvalue weighted by atomic mass is 32.1. The van der Waals surface area contributed by atoms with E-state index in [-0.39, 0.29) is 5.78 Å². The summed E-state index contributed by atoms with van der Waals surface area (Å²) >= 11 is 1.68. The van der Waals surface area contributed by atoms with Crippen LogP contribution < -0.4 is 4.90 Å². The molecule has 0 spiro atoms. The summed E-state index contributed by atoms with van der Waals surface area (Å²) in [4.78, 5) is 13.4. The SMILES string of the molecule is CC1=CC(=O)CN(c2cccs2)C1. The molecule has 68 valence electrons. The molecule has 2 nitrogen and oxygen atoms in total. The molecule has 0 bridgehead atoms. The van der Waals surface area contributed by atoms with Crippen LogP contribution in [-0.2, 0) is 4.79 Å². The fraction of sp³-hybridized carbons (Fsp3) is 0.300. The van der Waals surface area contributed by atoms with Crippen LogP contribution >= 0.6 is 11.3 Å². The first-order valence-electron chi connectivity index (χ1n) is 4.24. The van der Waals surface area contributed by atoms with E-state index in [4.69, 9.17) is 0 Å². The van der Waals surface area contributed by atoms with Crippen molar-refractivity contribution in [1.82, 2.24) is 0 Å². The summed E-state index contributed by atoms with van der Waals surface area (Å²) in [6, 6.07) is 4.06. The van der Waals surface area contributed by atoms with Gasteiger partial charge in [-0.05, 0) is 30.5 Å². The highest BCUT2D eigenvalue weighted by Gasteiger charge is 2.16. The third kappa shape index (κ3) is 1.80. The zero-order chi connectivity index (χ0) is 9.26. The third-order valence-corrected chi connectivity index (χ3v) is 2.94. The zero-order valence-corrected chi connectivity index (χ0v) is 8.30. The number of carbonyl (C=O) groups is 1. The Morgan fingerprint density at radius 1 is 1.46 bits per heavy atom. The summed E-state index contributed by atoms with van der Waals surface area (Å²) in [5.41, 5.74) is 1.14. The molecule has 0 aromatic carbocycles. The molecule has 0 aliphatic carbocycles. The van der Waals surface area contributed by atoms with Crippen LogP contribution in [0.15, 0.2) is 29.2 Å². The highest BCUT2D eigenvalue weighted by molar-refractivity contribution is 7.14. The van der Waals surface area contributed by atoms with Gasteiger partial charge >= 0.3 is 0 Å². The van der Waals surface area contributed by atoms with E-state index in [1.807, 2.05) is 18.4 Å². The molecule has 0 atom stereocenters. The molecule has 0 radical (unpaired) electrons. The number of rotatable bonds is 1. The van der Waals surface area contributed by atoms with Gasteiger partial charge in [-0.2, -0.15) is 0 Å². The summed E-state index contributed by atoms with van der Waals surface area (Å²) in [5, 5.41) is 3.22. The number of hydrogen-bond acceptors (Lipinski definition) is 3. The molecule has 1 aromatic heterocycles. The van der Waals surface area contributed by atoms with E-state index in [0.29, 0.717) is 6.54 Å². The van der Waals surface area contributed by atoms with Gasteiger partial charge in [-0.1, -0.05) is 5.57 Å². The van der Waals surface area contributed by atoms with Crippen molar-refractivity contribution < 1.29 is 4.79 Å². The van der Waals surface area contributed by atoms with Crippen molar-refractivity contribution in [2.45, 2.75) is 6.92 Å². The molecule has 1 aliphatic rings. The van der Waals surface area contributed by atoms with Gasteiger partial charge in [0.1, 0.15) is 0 Å². The summed E-state index contributed by atoms with van der Waals surface area (Å²) in [6.07, 6.45) is 1.74. The predicted octanol–water partition coefficient (Wildman–Crippen LogP) is 2.08. The maximum absolute atomic E-state index is 11.3. The quantitative estimate of drug-likeness (QED) is 0.680. The smallest absolute Gasteiger partial charge is 0.174 e. The Labute approximate surface area is 81.5 Å². The van der Waals surface area contributed by atoms with Crippen LogP contribution in [0.25, 0.3) is 0 Å². The topological polar surface area (TPSA) is 20.3 Å². The molecule has 3 heteroatoms. The van der Waals surface area contributed by atoms with Gasteiger partial charge in [0, 0.05) is 6.54 Å². The van der Waals surface area contributed by atoms with Crippen molar-refractivity contribution in [1.29, 1.82) is 0 Å². The van der Waals surface area contributed by atoms with E-state index in [1.165, 1.54) is 5.00 Å².